The van der Waals surface area contributed by atoms with Gasteiger partial charge < -0.3 is 49.4 Å². The Labute approximate surface area is 443 Å². The van der Waals surface area contributed by atoms with Gasteiger partial charge in [-0.15, -0.1) is 0 Å². The highest BCUT2D eigenvalue weighted by Gasteiger charge is 2.40. The van der Waals surface area contributed by atoms with E-state index in [9.17, 15) is 24.0 Å². The van der Waals surface area contributed by atoms with Crippen molar-refractivity contribution < 1.29 is 53.8 Å². The third kappa shape index (κ3) is 11.2. The van der Waals surface area contributed by atoms with Crippen molar-refractivity contribution in [3.05, 3.63) is 178 Å². The summed E-state index contributed by atoms with van der Waals surface area (Å²) in [5, 5.41) is 9.25. The van der Waals surface area contributed by atoms with Crippen LogP contribution >= 0.6 is 0 Å². The zero-order valence-corrected chi connectivity index (χ0v) is 43.4. The minimum atomic E-state index is -1.55. The van der Waals surface area contributed by atoms with Gasteiger partial charge >= 0.3 is 18.0 Å². The summed E-state index contributed by atoms with van der Waals surface area (Å²) < 4.78 is 43.6. The van der Waals surface area contributed by atoms with Crippen LogP contribution in [0.1, 0.15) is 92.8 Å². The van der Waals surface area contributed by atoms with Crippen molar-refractivity contribution in [1.82, 2.24) is 20.9 Å². The highest BCUT2D eigenvalue weighted by atomic mass is 16.6. The number of methoxy groups -OCH3 is 2. The molecule has 4 N–H and O–H groups in total. The van der Waals surface area contributed by atoms with Crippen molar-refractivity contribution in [2.75, 3.05) is 20.8 Å². The molecule has 7 aromatic rings. The minimum absolute atomic E-state index is 0.0147. The van der Waals surface area contributed by atoms with E-state index < -0.39 is 59.4 Å². The quantitative estimate of drug-likeness (QED) is 0.0472. The number of carbonyl (C=O) groups is 5. The number of aromatic nitrogens is 1. The molecule has 392 valence electrons. The van der Waals surface area contributed by atoms with Gasteiger partial charge in [-0.25, -0.2) is 4.79 Å². The van der Waals surface area contributed by atoms with Crippen LogP contribution in [0.3, 0.4) is 0 Å². The Morgan fingerprint density at radius 2 is 1.33 bits per heavy atom. The first-order chi connectivity index (χ1) is 37.1. The largest absolute Gasteiger partial charge is 0.496 e. The van der Waals surface area contributed by atoms with Gasteiger partial charge in [0, 0.05) is 52.9 Å². The predicted octanol–water partition coefficient (Wildman–Crippen LogP) is 9.89. The molecule has 0 spiro atoms. The molecular formula is C61H62N4O11. The molecule has 76 heavy (non-hydrogen) atoms. The molecule has 2 atom stereocenters. The van der Waals surface area contributed by atoms with Crippen LogP contribution in [0, 0.1) is 0 Å². The van der Waals surface area contributed by atoms with Crippen molar-refractivity contribution >= 4 is 40.7 Å². The summed E-state index contributed by atoms with van der Waals surface area (Å²) in [5.74, 6) is -1.64. The molecule has 1 aromatic heterocycles. The second kappa shape index (κ2) is 22.1. The third-order valence-electron chi connectivity index (χ3n) is 13.9. The fourth-order valence-corrected chi connectivity index (χ4v) is 10.1. The molecular weight excluding hydrogens is 965 g/mol. The number of alkyl carbamates (subject to hydrolysis) is 1. The normalized spacial score (nSPS) is 14.0. The van der Waals surface area contributed by atoms with Gasteiger partial charge in [-0.2, -0.15) is 0 Å². The van der Waals surface area contributed by atoms with Crippen LogP contribution in [0.2, 0.25) is 0 Å². The number of aromatic amines is 1. The van der Waals surface area contributed by atoms with Gasteiger partial charge in [-0.05, 0) is 72.3 Å². The van der Waals surface area contributed by atoms with Gasteiger partial charge in [0.1, 0.15) is 53.9 Å². The van der Waals surface area contributed by atoms with Crippen LogP contribution in [0.25, 0.3) is 22.0 Å². The molecule has 2 aliphatic rings. The van der Waals surface area contributed by atoms with Crippen LogP contribution in [-0.2, 0) is 64.8 Å². The van der Waals surface area contributed by atoms with E-state index in [1.54, 1.807) is 32.2 Å². The van der Waals surface area contributed by atoms with Crippen LogP contribution in [0.5, 0.6) is 23.0 Å². The van der Waals surface area contributed by atoms with Crippen LogP contribution in [0.15, 0.2) is 134 Å². The Morgan fingerprint density at radius 1 is 0.711 bits per heavy atom. The molecule has 0 saturated carbocycles. The fraction of sp³-hybridized carbons (Fsp3) is 0.295. The van der Waals surface area contributed by atoms with Gasteiger partial charge in [0.25, 0.3) is 0 Å². The third-order valence-corrected chi connectivity index (χ3v) is 13.9. The van der Waals surface area contributed by atoms with E-state index in [-0.39, 0.29) is 45.4 Å². The fourth-order valence-electron chi connectivity index (χ4n) is 10.1. The van der Waals surface area contributed by atoms with E-state index in [1.807, 2.05) is 129 Å². The summed E-state index contributed by atoms with van der Waals surface area (Å²) in [4.78, 5) is 73.7. The highest BCUT2D eigenvalue weighted by molar-refractivity contribution is 5.94. The number of nitrogens with one attached hydrogen (secondary N) is 4. The van der Waals surface area contributed by atoms with Crippen LogP contribution in [0.4, 0.5) is 4.79 Å². The van der Waals surface area contributed by atoms with E-state index in [1.165, 1.54) is 14.2 Å². The van der Waals surface area contributed by atoms with E-state index in [0.717, 1.165) is 49.8 Å². The lowest BCUT2D eigenvalue weighted by molar-refractivity contribution is -0.156. The monoisotopic (exact) mass is 1030 g/mol. The van der Waals surface area contributed by atoms with Gasteiger partial charge in [0.2, 0.25) is 11.8 Å². The molecule has 0 radical (unpaired) electrons. The minimum Gasteiger partial charge on any atom is -0.496 e. The number of H-pyrrole nitrogens is 1. The standard InChI is InChI=1S/C61H62N4O11/c1-60(2,3)76-54(67)31-50(64-58(69)49(29-37-32-62-48-24-16-15-19-38(37)48)65-59(70)74-35-45-41-22-13-11-20-39(41)40-21-12-14-23-42(40)45)57(68)63-33-44-52(72-7)28-26-47-56(44)75-55-43(51(71-6)27-25-46(55)61(47,4)5)30-53(66)73-34-36-17-9-8-10-18-36/h8-28,32,45,49-50,62H,29-31,33-35H2,1-7H3,(H,63,68)(H,64,69)(H,65,70)/t49-,50+/m1/s1/i1D. The molecule has 9 rings (SSSR count). The summed E-state index contributed by atoms with van der Waals surface area (Å²) >= 11 is 0. The average molecular weight is 1030 g/mol. The molecule has 15 heteroatoms. The number of rotatable bonds is 18. The lowest BCUT2D eigenvalue weighted by Gasteiger charge is -2.37. The first-order valence-electron chi connectivity index (χ1n) is 25.8. The molecule has 0 fully saturated rings. The van der Waals surface area contributed by atoms with Gasteiger partial charge in [-0.1, -0.05) is 123 Å². The number of benzene rings is 6. The van der Waals surface area contributed by atoms with Crippen molar-refractivity contribution in [2.45, 2.75) is 96.0 Å². The lowest BCUT2D eigenvalue weighted by Crippen LogP contribution is -2.55. The summed E-state index contributed by atoms with van der Waals surface area (Å²) in [6, 6.07) is 37.3. The Kier molecular flexibility index (Phi) is 14.8. The maximum atomic E-state index is 14.8. The molecule has 2 heterocycles. The van der Waals surface area contributed by atoms with E-state index in [4.69, 9.17) is 29.8 Å². The molecule has 1 aliphatic heterocycles. The zero-order chi connectivity index (χ0) is 54.4. The van der Waals surface area contributed by atoms with Crippen molar-refractivity contribution in [1.29, 1.82) is 0 Å². The molecule has 1 aliphatic carbocycles. The summed E-state index contributed by atoms with van der Waals surface area (Å²) in [7, 11) is 2.99. The maximum absolute atomic E-state index is 14.8. The number of para-hydroxylation sites is 1. The van der Waals surface area contributed by atoms with Crippen molar-refractivity contribution in [2.24, 2.45) is 0 Å². The Hall–Kier alpha value is -8.59. The molecule has 0 saturated heterocycles. The number of esters is 2. The van der Waals surface area contributed by atoms with Crippen LogP contribution < -0.4 is 30.2 Å². The van der Waals surface area contributed by atoms with E-state index in [2.05, 4.69) is 20.9 Å². The number of amides is 3. The number of hydrogen-bond acceptors (Lipinski definition) is 11. The second-order valence-corrected chi connectivity index (χ2v) is 20.1. The maximum Gasteiger partial charge on any atom is 0.407 e. The molecule has 0 bridgehead atoms. The second-order valence-electron chi connectivity index (χ2n) is 20.1. The smallest absolute Gasteiger partial charge is 0.407 e. The zero-order valence-electron chi connectivity index (χ0n) is 44.4. The SMILES string of the molecule is [2H]CC(C)(C)OC(=O)C[C@H](NC(=O)[C@@H](Cc1c[nH]c2ccccc12)NC(=O)OCC1c2ccccc2-c2ccccc21)C(=O)NCc1c(OC)ccc2c1Oc1c(ccc(OC)c1CC(=O)OCc1ccccc1)C2(C)C. The van der Waals surface area contributed by atoms with E-state index >= 15 is 0 Å². The number of ether oxygens (including phenoxy) is 6. The van der Waals surface area contributed by atoms with Crippen molar-refractivity contribution in [3.8, 4) is 34.1 Å². The highest BCUT2D eigenvalue weighted by Crippen LogP contribution is 2.53. The Bertz CT molecular complexity index is 3310. The Balaban J connectivity index is 0.980. The molecule has 3 amide bonds. The van der Waals surface area contributed by atoms with Gasteiger partial charge in [0.15, 0.2) is 0 Å². The number of carbonyl (C=O) groups excluding carboxylic acids is 5. The number of hydrogen-bond donors (Lipinski definition) is 4. The van der Waals surface area contributed by atoms with E-state index in [0.29, 0.717) is 39.7 Å². The van der Waals surface area contributed by atoms with Crippen LogP contribution in [-0.4, -0.2) is 73.3 Å². The lowest BCUT2D eigenvalue weighted by atomic mass is 9.74. The van der Waals surface area contributed by atoms with Gasteiger partial charge in [0.05, 0.1) is 39.2 Å². The summed E-state index contributed by atoms with van der Waals surface area (Å²) in [6.07, 6.45) is 0.0635. The predicted molar refractivity (Wildman–Crippen MR) is 286 cm³/mol. The Morgan fingerprint density at radius 3 is 2.00 bits per heavy atom. The molecule has 0 unspecified atom stereocenters. The van der Waals surface area contributed by atoms with Crippen molar-refractivity contribution in [3.63, 3.8) is 0 Å². The van der Waals surface area contributed by atoms with Gasteiger partial charge in [-0.3, -0.25) is 19.2 Å². The average Bonchev–Trinajstić information content (AvgIpc) is 4.02. The first-order valence-corrected chi connectivity index (χ1v) is 25.1. The first kappa shape index (κ1) is 50.9. The molecule has 6 aromatic carbocycles. The topological polar surface area (TPSA) is 193 Å². The summed E-state index contributed by atoms with van der Waals surface area (Å²) in [6.45, 7) is 6.76. The molecule has 15 nitrogen and oxygen atoms in total. The summed E-state index contributed by atoms with van der Waals surface area (Å²) in [5.41, 5.74) is 6.98. The number of fused-ring (bicyclic) bond motifs is 6.